The fourth-order valence-electron chi connectivity index (χ4n) is 3.26. The van der Waals surface area contributed by atoms with Crippen molar-refractivity contribution < 1.29 is 19.0 Å². The molecule has 9 nitrogen and oxygen atoms in total. The van der Waals surface area contributed by atoms with Gasteiger partial charge in [-0.3, -0.25) is 4.79 Å². The van der Waals surface area contributed by atoms with Crippen LogP contribution < -0.4 is 19.5 Å². The Balaban J connectivity index is 1.23. The molecule has 0 fully saturated rings. The topological polar surface area (TPSA) is 108 Å². The number of thioether (sulfide) groups is 1. The standard InChI is InChI=1S/C23H19N5O4S/c1-30-16-5-3-15(4-6-16)21-25-10-17-22(28-21)26-12-27-23(17)33-11-20(29)24-9-14-2-7-18-19(8-14)32-13-31-18/h2-8,10,12H,9,11,13H2,1H3,(H,24,29). The van der Waals surface area contributed by atoms with Crippen molar-refractivity contribution in [1.29, 1.82) is 0 Å². The third-order valence-corrected chi connectivity index (χ3v) is 5.97. The smallest absolute Gasteiger partial charge is 0.231 e. The summed E-state index contributed by atoms with van der Waals surface area (Å²) < 4.78 is 15.9. The van der Waals surface area contributed by atoms with Gasteiger partial charge in [0.25, 0.3) is 0 Å². The van der Waals surface area contributed by atoms with E-state index in [1.165, 1.54) is 18.1 Å². The van der Waals surface area contributed by atoms with Gasteiger partial charge in [0.2, 0.25) is 12.7 Å². The van der Waals surface area contributed by atoms with Crippen LogP contribution in [-0.4, -0.2) is 45.5 Å². The fourth-order valence-corrected chi connectivity index (χ4v) is 4.05. The number of fused-ring (bicyclic) bond motifs is 2. The lowest BCUT2D eigenvalue weighted by Crippen LogP contribution is -2.24. The molecule has 0 unspecified atom stereocenters. The maximum Gasteiger partial charge on any atom is 0.231 e. The molecular formula is C23H19N5O4S. The number of methoxy groups -OCH3 is 1. The summed E-state index contributed by atoms with van der Waals surface area (Å²) in [4.78, 5) is 30.0. The fraction of sp³-hybridized carbons (Fsp3) is 0.174. The van der Waals surface area contributed by atoms with E-state index in [4.69, 9.17) is 14.2 Å². The van der Waals surface area contributed by atoms with Crippen LogP contribution in [0.2, 0.25) is 0 Å². The molecule has 1 aliphatic heterocycles. The Morgan fingerprint density at radius 1 is 1.09 bits per heavy atom. The van der Waals surface area contributed by atoms with Gasteiger partial charge in [0.15, 0.2) is 23.0 Å². The van der Waals surface area contributed by atoms with Gasteiger partial charge in [-0.2, -0.15) is 0 Å². The van der Waals surface area contributed by atoms with Gasteiger partial charge < -0.3 is 19.5 Å². The van der Waals surface area contributed by atoms with Crippen molar-refractivity contribution in [2.75, 3.05) is 19.7 Å². The van der Waals surface area contributed by atoms with Crippen LogP contribution in [0, 0.1) is 0 Å². The van der Waals surface area contributed by atoms with E-state index in [2.05, 4.69) is 25.3 Å². The molecule has 1 aliphatic rings. The molecule has 0 spiro atoms. The number of benzene rings is 2. The van der Waals surface area contributed by atoms with Crippen LogP contribution >= 0.6 is 11.8 Å². The van der Waals surface area contributed by atoms with E-state index in [0.29, 0.717) is 39.9 Å². The van der Waals surface area contributed by atoms with Gasteiger partial charge in [0, 0.05) is 18.3 Å². The van der Waals surface area contributed by atoms with Gasteiger partial charge in [-0.15, -0.1) is 0 Å². The molecule has 2 aromatic carbocycles. The second-order valence-corrected chi connectivity index (χ2v) is 8.06. The zero-order chi connectivity index (χ0) is 22.6. The van der Waals surface area contributed by atoms with Crippen LogP contribution in [-0.2, 0) is 11.3 Å². The predicted molar refractivity (Wildman–Crippen MR) is 122 cm³/mol. The van der Waals surface area contributed by atoms with Gasteiger partial charge in [-0.1, -0.05) is 17.8 Å². The largest absolute Gasteiger partial charge is 0.497 e. The van der Waals surface area contributed by atoms with Gasteiger partial charge in [-0.25, -0.2) is 19.9 Å². The molecule has 0 atom stereocenters. The molecule has 0 saturated heterocycles. The lowest BCUT2D eigenvalue weighted by atomic mass is 10.2. The molecule has 0 aliphatic carbocycles. The van der Waals surface area contributed by atoms with E-state index in [-0.39, 0.29) is 18.5 Å². The number of ether oxygens (including phenoxy) is 3. The lowest BCUT2D eigenvalue weighted by Gasteiger charge is -2.08. The number of carbonyl (C=O) groups is 1. The third kappa shape index (κ3) is 4.65. The molecule has 0 radical (unpaired) electrons. The zero-order valence-corrected chi connectivity index (χ0v) is 18.5. The van der Waals surface area contributed by atoms with Gasteiger partial charge in [-0.05, 0) is 42.0 Å². The molecule has 1 N–H and O–H groups in total. The highest BCUT2D eigenvalue weighted by atomic mass is 32.2. The molecule has 166 valence electrons. The van der Waals surface area contributed by atoms with Crippen molar-refractivity contribution in [2.24, 2.45) is 0 Å². The van der Waals surface area contributed by atoms with Crippen LogP contribution in [0.4, 0.5) is 0 Å². The number of hydrogen-bond donors (Lipinski definition) is 1. The Kier molecular flexibility index (Phi) is 5.90. The summed E-state index contributed by atoms with van der Waals surface area (Å²) in [6, 6.07) is 13.1. The molecule has 5 rings (SSSR count). The van der Waals surface area contributed by atoms with Gasteiger partial charge in [0.1, 0.15) is 17.1 Å². The van der Waals surface area contributed by atoms with Crippen LogP contribution in [0.5, 0.6) is 17.2 Å². The third-order valence-electron chi connectivity index (χ3n) is 4.97. The highest BCUT2D eigenvalue weighted by Gasteiger charge is 2.14. The van der Waals surface area contributed by atoms with E-state index in [9.17, 15) is 4.79 Å². The normalized spacial score (nSPS) is 12.0. The number of nitrogens with zero attached hydrogens (tertiary/aromatic N) is 4. The monoisotopic (exact) mass is 461 g/mol. The molecule has 0 saturated carbocycles. The average molecular weight is 462 g/mol. The Labute approximate surface area is 193 Å². The molecule has 1 amide bonds. The first-order valence-electron chi connectivity index (χ1n) is 10.1. The van der Waals surface area contributed by atoms with E-state index < -0.39 is 0 Å². The first-order chi connectivity index (χ1) is 16.2. The molecular weight excluding hydrogens is 442 g/mol. The van der Waals surface area contributed by atoms with Crippen molar-refractivity contribution in [2.45, 2.75) is 11.6 Å². The minimum Gasteiger partial charge on any atom is -0.497 e. The van der Waals surface area contributed by atoms with E-state index in [1.54, 1.807) is 13.3 Å². The molecule has 4 aromatic rings. The van der Waals surface area contributed by atoms with Gasteiger partial charge in [0.05, 0.1) is 18.2 Å². The summed E-state index contributed by atoms with van der Waals surface area (Å²) in [6.45, 7) is 0.620. The first kappa shape index (κ1) is 21.0. The quantitative estimate of drug-likeness (QED) is 0.328. The van der Waals surface area contributed by atoms with Crippen LogP contribution in [0.3, 0.4) is 0 Å². The average Bonchev–Trinajstić information content (AvgIpc) is 3.34. The summed E-state index contributed by atoms with van der Waals surface area (Å²) in [7, 11) is 1.62. The summed E-state index contributed by atoms with van der Waals surface area (Å²) in [5, 5.41) is 4.26. The van der Waals surface area contributed by atoms with Crippen molar-refractivity contribution in [3.63, 3.8) is 0 Å². The molecule has 0 bridgehead atoms. The maximum atomic E-state index is 12.4. The Bertz CT molecular complexity index is 1320. The lowest BCUT2D eigenvalue weighted by molar-refractivity contribution is -0.118. The Morgan fingerprint density at radius 2 is 1.94 bits per heavy atom. The summed E-state index contributed by atoms with van der Waals surface area (Å²) in [6.07, 6.45) is 3.13. The maximum absolute atomic E-state index is 12.4. The number of rotatable bonds is 7. The molecule has 3 heterocycles. The van der Waals surface area contributed by atoms with Crippen molar-refractivity contribution in [3.8, 4) is 28.6 Å². The molecule has 2 aromatic heterocycles. The van der Waals surface area contributed by atoms with Crippen LogP contribution in [0.25, 0.3) is 22.4 Å². The number of nitrogens with one attached hydrogen (secondary N) is 1. The highest BCUT2D eigenvalue weighted by Crippen LogP contribution is 2.32. The minimum absolute atomic E-state index is 0.111. The first-order valence-corrected chi connectivity index (χ1v) is 11.1. The summed E-state index contributed by atoms with van der Waals surface area (Å²) in [5.74, 6) is 2.82. The minimum atomic E-state index is -0.111. The number of aromatic nitrogens is 4. The SMILES string of the molecule is COc1ccc(-c2ncc3c(SCC(=O)NCc4ccc5c(c4)OCO5)ncnc3n2)cc1. The molecule has 33 heavy (non-hydrogen) atoms. The Hall–Kier alpha value is -3.92. The zero-order valence-electron chi connectivity index (χ0n) is 17.6. The second-order valence-electron chi connectivity index (χ2n) is 7.09. The van der Waals surface area contributed by atoms with Crippen molar-refractivity contribution >= 4 is 28.7 Å². The Morgan fingerprint density at radius 3 is 2.79 bits per heavy atom. The molecule has 10 heteroatoms. The number of amides is 1. The van der Waals surface area contributed by atoms with E-state index in [1.807, 2.05) is 42.5 Å². The highest BCUT2D eigenvalue weighted by molar-refractivity contribution is 8.00. The summed E-state index contributed by atoms with van der Waals surface area (Å²) >= 11 is 1.32. The van der Waals surface area contributed by atoms with Crippen molar-refractivity contribution in [3.05, 3.63) is 60.6 Å². The second kappa shape index (κ2) is 9.29. The number of carbonyl (C=O) groups excluding carboxylic acids is 1. The predicted octanol–water partition coefficient (Wildman–Crippen LogP) is 3.23. The number of hydrogen-bond acceptors (Lipinski definition) is 9. The van der Waals surface area contributed by atoms with E-state index in [0.717, 1.165) is 16.9 Å². The van der Waals surface area contributed by atoms with Gasteiger partial charge >= 0.3 is 0 Å². The van der Waals surface area contributed by atoms with E-state index >= 15 is 0 Å². The summed E-state index contributed by atoms with van der Waals surface area (Å²) in [5.41, 5.74) is 2.31. The van der Waals surface area contributed by atoms with Crippen LogP contribution in [0.1, 0.15) is 5.56 Å². The van der Waals surface area contributed by atoms with Crippen molar-refractivity contribution in [1.82, 2.24) is 25.3 Å². The van der Waals surface area contributed by atoms with Crippen LogP contribution in [0.15, 0.2) is 60.0 Å².